The number of aromatic nitrogens is 3. The van der Waals surface area contributed by atoms with E-state index in [9.17, 15) is 4.39 Å². The zero-order valence-electron chi connectivity index (χ0n) is 13.8. The molecule has 3 aromatic rings. The maximum Gasteiger partial charge on any atom is 0.225 e. The van der Waals surface area contributed by atoms with E-state index >= 15 is 0 Å². The van der Waals surface area contributed by atoms with E-state index in [0.29, 0.717) is 17.8 Å². The van der Waals surface area contributed by atoms with Gasteiger partial charge in [-0.3, -0.25) is 4.98 Å². The van der Waals surface area contributed by atoms with Crippen LogP contribution in [0.15, 0.2) is 48.7 Å². The molecule has 4 rings (SSSR count). The molecule has 2 aromatic heterocycles. The topological polar surface area (TPSA) is 62.7 Å². The maximum atomic E-state index is 13.3. The van der Waals surface area contributed by atoms with Crippen LogP contribution in [-0.4, -0.2) is 21.0 Å². The van der Waals surface area contributed by atoms with Gasteiger partial charge < -0.3 is 10.6 Å². The minimum absolute atomic E-state index is 0.254. The summed E-state index contributed by atoms with van der Waals surface area (Å²) in [5, 5.41) is 6.58. The fourth-order valence-corrected chi connectivity index (χ4v) is 2.54. The van der Waals surface area contributed by atoms with Crippen LogP contribution in [0, 0.1) is 12.7 Å². The second-order valence-corrected chi connectivity index (χ2v) is 6.18. The molecule has 2 N–H and O–H groups in total. The van der Waals surface area contributed by atoms with Crippen LogP contribution < -0.4 is 10.6 Å². The van der Waals surface area contributed by atoms with Gasteiger partial charge in [-0.25, -0.2) is 9.37 Å². The summed E-state index contributed by atoms with van der Waals surface area (Å²) < 4.78 is 13.3. The van der Waals surface area contributed by atoms with E-state index in [1.807, 2.05) is 31.2 Å². The molecule has 1 saturated carbocycles. The molecule has 1 fully saturated rings. The van der Waals surface area contributed by atoms with Gasteiger partial charge in [-0.2, -0.15) is 4.98 Å². The van der Waals surface area contributed by atoms with Crippen molar-refractivity contribution in [3.05, 3.63) is 60.0 Å². The molecule has 0 saturated heterocycles. The Labute approximate surface area is 145 Å². The lowest BCUT2D eigenvalue weighted by atomic mass is 10.2. The summed E-state index contributed by atoms with van der Waals surface area (Å²) in [6.45, 7) is 1.86. The van der Waals surface area contributed by atoms with E-state index in [2.05, 4.69) is 25.6 Å². The number of hydrogen-bond donors (Lipinski definition) is 2. The first-order chi connectivity index (χ1) is 12.2. The Bertz CT molecular complexity index is 894. The second kappa shape index (κ2) is 6.47. The van der Waals surface area contributed by atoms with Crippen molar-refractivity contribution < 1.29 is 4.39 Å². The van der Waals surface area contributed by atoms with Gasteiger partial charge in [-0.05, 0) is 55.7 Å². The van der Waals surface area contributed by atoms with Crippen molar-refractivity contribution in [2.24, 2.45) is 0 Å². The Kier molecular flexibility index (Phi) is 4.01. The molecule has 126 valence electrons. The molecule has 0 spiro atoms. The van der Waals surface area contributed by atoms with Crippen LogP contribution in [0.2, 0.25) is 0 Å². The van der Waals surface area contributed by atoms with Gasteiger partial charge in [0.1, 0.15) is 11.6 Å². The fraction of sp³-hybridized carbons (Fsp3) is 0.211. The molecular weight excluding hydrogens is 317 g/mol. The normalized spacial score (nSPS) is 13.5. The molecule has 25 heavy (non-hydrogen) atoms. The average Bonchev–Trinajstić information content (AvgIpc) is 3.42. The quantitative estimate of drug-likeness (QED) is 0.728. The van der Waals surface area contributed by atoms with Crippen molar-refractivity contribution in [1.82, 2.24) is 15.0 Å². The van der Waals surface area contributed by atoms with Crippen molar-refractivity contribution >= 4 is 17.5 Å². The Balaban J connectivity index is 1.70. The number of aryl methyl sites for hydroxylation is 1. The number of benzene rings is 1. The number of halogens is 1. The van der Waals surface area contributed by atoms with Crippen LogP contribution in [0.25, 0.3) is 11.4 Å². The molecule has 1 aliphatic rings. The van der Waals surface area contributed by atoms with E-state index < -0.39 is 0 Å². The molecule has 0 atom stereocenters. The molecular formula is C19H18FN5. The highest BCUT2D eigenvalue weighted by atomic mass is 19.1. The first-order valence-corrected chi connectivity index (χ1v) is 8.27. The standard InChI is InChI=1S/C19H18FN5/c1-12-10-13(20)5-8-15(12)23-18-11-17(16-4-2-3-9-21-16)24-19(25-18)22-14-6-7-14/h2-5,8-11,14H,6-7H2,1H3,(H2,22,23,24,25). The van der Waals surface area contributed by atoms with E-state index in [1.54, 1.807) is 12.3 Å². The van der Waals surface area contributed by atoms with Crippen LogP contribution in [0.4, 0.5) is 21.8 Å². The molecule has 1 aliphatic carbocycles. The monoisotopic (exact) mass is 335 g/mol. The SMILES string of the molecule is Cc1cc(F)ccc1Nc1cc(-c2ccccn2)nc(NC2CC2)n1. The molecule has 0 aliphatic heterocycles. The van der Waals surface area contributed by atoms with E-state index in [0.717, 1.165) is 35.5 Å². The van der Waals surface area contributed by atoms with Crippen molar-refractivity contribution in [1.29, 1.82) is 0 Å². The number of rotatable bonds is 5. The van der Waals surface area contributed by atoms with Crippen molar-refractivity contribution in [3.63, 3.8) is 0 Å². The third-order valence-electron chi connectivity index (χ3n) is 4.02. The Morgan fingerprint density at radius 3 is 2.64 bits per heavy atom. The minimum atomic E-state index is -0.254. The zero-order chi connectivity index (χ0) is 17.2. The Morgan fingerprint density at radius 1 is 1.04 bits per heavy atom. The second-order valence-electron chi connectivity index (χ2n) is 6.18. The molecule has 0 bridgehead atoms. The van der Waals surface area contributed by atoms with E-state index in [4.69, 9.17) is 0 Å². The lowest BCUT2D eigenvalue weighted by molar-refractivity contribution is 0.627. The predicted molar refractivity (Wildman–Crippen MR) is 96.3 cm³/mol. The third-order valence-corrected chi connectivity index (χ3v) is 4.02. The van der Waals surface area contributed by atoms with Gasteiger partial charge >= 0.3 is 0 Å². The van der Waals surface area contributed by atoms with Crippen LogP contribution in [0.1, 0.15) is 18.4 Å². The third kappa shape index (κ3) is 3.74. The van der Waals surface area contributed by atoms with Crippen molar-refractivity contribution in [2.45, 2.75) is 25.8 Å². The maximum absolute atomic E-state index is 13.3. The lowest BCUT2D eigenvalue weighted by Crippen LogP contribution is -2.08. The molecule has 2 heterocycles. The lowest BCUT2D eigenvalue weighted by Gasteiger charge is -2.12. The summed E-state index contributed by atoms with van der Waals surface area (Å²) in [5.41, 5.74) is 3.14. The summed E-state index contributed by atoms with van der Waals surface area (Å²) in [6, 6.07) is 12.6. The van der Waals surface area contributed by atoms with Gasteiger partial charge in [0, 0.05) is 24.0 Å². The molecule has 0 radical (unpaired) electrons. The number of hydrogen-bond acceptors (Lipinski definition) is 5. The van der Waals surface area contributed by atoms with Gasteiger partial charge in [0.2, 0.25) is 5.95 Å². The average molecular weight is 335 g/mol. The predicted octanol–water partition coefficient (Wildman–Crippen LogP) is 4.30. The first-order valence-electron chi connectivity index (χ1n) is 8.27. The highest BCUT2D eigenvalue weighted by Crippen LogP contribution is 2.27. The zero-order valence-corrected chi connectivity index (χ0v) is 13.8. The van der Waals surface area contributed by atoms with Crippen molar-refractivity contribution in [2.75, 3.05) is 10.6 Å². The Morgan fingerprint density at radius 2 is 1.92 bits per heavy atom. The molecule has 5 nitrogen and oxygen atoms in total. The summed E-state index contributed by atoms with van der Waals surface area (Å²) >= 11 is 0. The number of pyridine rings is 1. The highest BCUT2D eigenvalue weighted by Gasteiger charge is 2.22. The smallest absolute Gasteiger partial charge is 0.225 e. The molecule has 1 aromatic carbocycles. The highest BCUT2D eigenvalue weighted by molar-refractivity contribution is 5.66. The van der Waals surface area contributed by atoms with Crippen LogP contribution in [0.5, 0.6) is 0 Å². The molecule has 0 unspecified atom stereocenters. The van der Waals surface area contributed by atoms with Gasteiger partial charge in [-0.1, -0.05) is 6.07 Å². The largest absolute Gasteiger partial charge is 0.351 e. The summed E-state index contributed by atoms with van der Waals surface area (Å²) in [7, 11) is 0. The van der Waals surface area contributed by atoms with E-state index in [1.165, 1.54) is 12.1 Å². The number of nitrogens with zero attached hydrogens (tertiary/aromatic N) is 3. The van der Waals surface area contributed by atoms with Crippen LogP contribution in [0.3, 0.4) is 0 Å². The van der Waals surface area contributed by atoms with Gasteiger partial charge in [-0.15, -0.1) is 0 Å². The van der Waals surface area contributed by atoms with Crippen molar-refractivity contribution in [3.8, 4) is 11.4 Å². The fourth-order valence-electron chi connectivity index (χ4n) is 2.54. The minimum Gasteiger partial charge on any atom is -0.351 e. The van der Waals surface area contributed by atoms with Crippen LogP contribution in [-0.2, 0) is 0 Å². The van der Waals surface area contributed by atoms with Crippen LogP contribution >= 0.6 is 0 Å². The van der Waals surface area contributed by atoms with E-state index in [-0.39, 0.29) is 5.82 Å². The first kappa shape index (κ1) is 15.5. The van der Waals surface area contributed by atoms with Gasteiger partial charge in [0.15, 0.2) is 0 Å². The number of nitrogens with one attached hydrogen (secondary N) is 2. The number of anilines is 3. The molecule has 0 amide bonds. The van der Waals surface area contributed by atoms with Gasteiger partial charge in [0.25, 0.3) is 0 Å². The van der Waals surface area contributed by atoms with Gasteiger partial charge in [0.05, 0.1) is 11.4 Å². The Hall–Kier alpha value is -3.02. The summed E-state index contributed by atoms with van der Waals surface area (Å²) in [5.74, 6) is 0.970. The summed E-state index contributed by atoms with van der Waals surface area (Å²) in [6.07, 6.45) is 4.01. The summed E-state index contributed by atoms with van der Waals surface area (Å²) in [4.78, 5) is 13.5. The molecule has 6 heteroatoms.